The van der Waals surface area contributed by atoms with Gasteiger partial charge in [0.2, 0.25) is 5.92 Å². The van der Waals surface area contributed by atoms with Crippen LogP contribution in [0, 0.1) is 11.8 Å². The van der Waals surface area contributed by atoms with Crippen LogP contribution in [0.15, 0.2) is 30.5 Å². The Hall–Kier alpha value is -1.79. The highest BCUT2D eigenvalue weighted by atomic mass is 19.3. The molecule has 4 heterocycles. The lowest BCUT2D eigenvalue weighted by atomic mass is 9.71. The lowest BCUT2D eigenvalue weighted by molar-refractivity contribution is -0.142. The van der Waals surface area contributed by atoms with Crippen molar-refractivity contribution in [1.29, 1.82) is 0 Å². The van der Waals surface area contributed by atoms with Crippen LogP contribution >= 0.6 is 0 Å². The van der Waals surface area contributed by atoms with Crippen LogP contribution in [0.3, 0.4) is 0 Å². The van der Waals surface area contributed by atoms with E-state index < -0.39 is 17.9 Å². The molecule has 3 aliphatic heterocycles. The first-order valence-electron chi connectivity index (χ1n) is 9.11. The minimum atomic E-state index is -2.67. The molecule has 6 heteroatoms. The molecule has 0 aliphatic carbocycles. The van der Waals surface area contributed by atoms with Gasteiger partial charge in [-0.3, -0.25) is 9.88 Å². The minimum Gasteiger partial charge on any atom is -0.497 e. The Morgan fingerprint density at radius 2 is 2.15 bits per heavy atom. The topological polar surface area (TPSA) is 45.6 Å². The number of nitrogens with zero attached hydrogens (tertiary/aromatic N) is 2. The molecule has 1 N–H and O–H groups in total. The van der Waals surface area contributed by atoms with Gasteiger partial charge in [0.1, 0.15) is 5.75 Å². The van der Waals surface area contributed by atoms with E-state index in [0.717, 1.165) is 36.4 Å². The zero-order valence-corrected chi connectivity index (χ0v) is 15.0. The molecule has 3 fully saturated rings. The molecule has 0 saturated carbocycles. The number of aromatic nitrogens is 1. The third kappa shape index (κ3) is 2.95. The second-order valence-corrected chi connectivity index (χ2v) is 7.64. The molecule has 5 atom stereocenters. The van der Waals surface area contributed by atoms with Crippen molar-refractivity contribution in [2.75, 3.05) is 20.2 Å². The maximum Gasteiger partial charge on any atom is 0.249 e. The van der Waals surface area contributed by atoms with E-state index in [4.69, 9.17) is 4.74 Å². The number of halogens is 2. The number of aliphatic hydroxyl groups excluding tert-OH is 1. The van der Waals surface area contributed by atoms with Crippen molar-refractivity contribution in [3.05, 3.63) is 36.0 Å². The summed E-state index contributed by atoms with van der Waals surface area (Å²) in [6.07, 6.45) is 2.33. The summed E-state index contributed by atoms with van der Waals surface area (Å²) < 4.78 is 33.1. The van der Waals surface area contributed by atoms with Gasteiger partial charge in [0.05, 0.1) is 18.7 Å². The molecule has 4 nitrogen and oxygen atoms in total. The van der Waals surface area contributed by atoms with Crippen molar-refractivity contribution in [3.63, 3.8) is 0 Å². The maximum atomic E-state index is 13.9. The first-order valence-corrected chi connectivity index (χ1v) is 9.11. The molecule has 3 aliphatic rings. The smallest absolute Gasteiger partial charge is 0.249 e. The molecular formula is C20H24F2N2O2. The van der Waals surface area contributed by atoms with Gasteiger partial charge >= 0.3 is 0 Å². The fourth-order valence-electron chi connectivity index (χ4n) is 4.71. The number of hydrogen-bond donors (Lipinski definition) is 1. The fraction of sp³-hybridized carbons (Fsp3) is 0.550. The first-order chi connectivity index (χ1) is 12.4. The van der Waals surface area contributed by atoms with Gasteiger partial charge in [0.15, 0.2) is 0 Å². The highest BCUT2D eigenvalue weighted by Gasteiger charge is 2.50. The van der Waals surface area contributed by atoms with E-state index in [1.165, 1.54) is 0 Å². The summed E-state index contributed by atoms with van der Waals surface area (Å²) in [5.41, 5.74) is 1.57. The van der Waals surface area contributed by atoms with Gasteiger partial charge in [0.25, 0.3) is 0 Å². The average Bonchev–Trinajstić information content (AvgIpc) is 2.66. The number of ether oxygens (including phenoxy) is 1. The van der Waals surface area contributed by atoms with E-state index >= 15 is 0 Å². The molecule has 2 bridgehead atoms. The zero-order chi connectivity index (χ0) is 18.5. The Morgan fingerprint density at radius 3 is 2.81 bits per heavy atom. The number of fused-ring (bicyclic) bond motifs is 4. The van der Waals surface area contributed by atoms with E-state index in [2.05, 4.69) is 4.98 Å². The molecule has 0 spiro atoms. The highest BCUT2D eigenvalue weighted by Crippen LogP contribution is 2.46. The minimum absolute atomic E-state index is 0.0395. The van der Waals surface area contributed by atoms with Crippen molar-refractivity contribution in [2.45, 2.75) is 37.8 Å². The summed E-state index contributed by atoms with van der Waals surface area (Å²) in [6.45, 7) is 2.14. The first kappa shape index (κ1) is 17.6. The zero-order valence-electron chi connectivity index (χ0n) is 15.0. The Balaban J connectivity index is 1.65. The molecular weight excluding hydrogens is 338 g/mol. The third-order valence-corrected chi connectivity index (χ3v) is 6.12. The molecule has 0 radical (unpaired) electrons. The van der Waals surface area contributed by atoms with Crippen LogP contribution in [0.2, 0.25) is 0 Å². The Kier molecular flexibility index (Phi) is 4.35. The quantitative estimate of drug-likeness (QED) is 0.902. The van der Waals surface area contributed by atoms with Gasteiger partial charge in [-0.15, -0.1) is 0 Å². The summed E-state index contributed by atoms with van der Waals surface area (Å²) in [5.74, 6) is -2.62. The van der Waals surface area contributed by atoms with Crippen molar-refractivity contribution in [3.8, 4) is 5.75 Å². The lowest BCUT2D eigenvalue weighted by Gasteiger charge is -2.52. The molecule has 1 unspecified atom stereocenters. The van der Waals surface area contributed by atoms with E-state index in [1.54, 1.807) is 13.3 Å². The fourth-order valence-corrected chi connectivity index (χ4v) is 4.71. The van der Waals surface area contributed by atoms with Gasteiger partial charge in [-0.25, -0.2) is 8.78 Å². The van der Waals surface area contributed by atoms with Crippen LogP contribution in [0.5, 0.6) is 5.75 Å². The molecule has 1 aromatic carbocycles. The van der Waals surface area contributed by atoms with Gasteiger partial charge in [-0.2, -0.15) is 0 Å². The van der Waals surface area contributed by atoms with Gasteiger partial charge in [-0.05, 0) is 62.1 Å². The predicted octanol–water partition coefficient (Wildman–Crippen LogP) is 3.64. The van der Waals surface area contributed by atoms with Crippen LogP contribution in [-0.2, 0) is 0 Å². The number of methoxy groups -OCH3 is 1. The standard InChI is InChI=1S/C20H24F2N2O2/c1-20(21,22)16-11-24-8-6-12(16)9-18(24)19(25)14-5-7-23-17-4-3-13(26-2)10-15(14)17/h3-5,7,10,12,16,18-19,25H,6,8-9,11H2,1-2H3/t12-,16-,18-,19-/m0/s1. The molecule has 0 amide bonds. The van der Waals surface area contributed by atoms with Crippen LogP contribution in [0.4, 0.5) is 8.78 Å². The molecule has 1 aromatic heterocycles. The number of piperidine rings is 3. The Morgan fingerprint density at radius 1 is 1.35 bits per heavy atom. The van der Waals surface area contributed by atoms with Gasteiger partial charge < -0.3 is 9.84 Å². The van der Waals surface area contributed by atoms with Crippen molar-refractivity contribution in [1.82, 2.24) is 9.88 Å². The van der Waals surface area contributed by atoms with Crippen molar-refractivity contribution >= 4 is 10.9 Å². The summed E-state index contributed by atoms with van der Waals surface area (Å²) in [5, 5.41) is 12.0. The number of pyridine rings is 1. The number of rotatable bonds is 4. The third-order valence-electron chi connectivity index (χ3n) is 6.12. The summed E-state index contributed by atoms with van der Waals surface area (Å²) in [4.78, 5) is 6.40. The molecule has 26 heavy (non-hydrogen) atoms. The second kappa shape index (κ2) is 6.43. The van der Waals surface area contributed by atoms with E-state index in [9.17, 15) is 13.9 Å². The van der Waals surface area contributed by atoms with Crippen molar-refractivity contribution < 1.29 is 18.6 Å². The summed E-state index contributed by atoms with van der Waals surface area (Å²) >= 11 is 0. The molecule has 2 aromatic rings. The Labute approximate surface area is 151 Å². The van der Waals surface area contributed by atoms with Gasteiger partial charge in [0, 0.05) is 30.1 Å². The van der Waals surface area contributed by atoms with Crippen molar-refractivity contribution in [2.24, 2.45) is 11.8 Å². The Bertz CT molecular complexity index is 808. The number of hydrogen-bond acceptors (Lipinski definition) is 4. The summed E-state index contributed by atoms with van der Waals surface area (Å²) in [7, 11) is 1.60. The molecule has 140 valence electrons. The number of benzene rings is 1. The van der Waals surface area contributed by atoms with E-state index in [1.807, 2.05) is 29.2 Å². The van der Waals surface area contributed by atoms with Crippen LogP contribution < -0.4 is 4.74 Å². The predicted molar refractivity (Wildman–Crippen MR) is 95.5 cm³/mol. The van der Waals surface area contributed by atoms with Gasteiger partial charge in [-0.1, -0.05) is 0 Å². The van der Waals surface area contributed by atoms with E-state index in [-0.39, 0.29) is 12.0 Å². The van der Waals surface area contributed by atoms with Crippen LogP contribution in [0.1, 0.15) is 31.4 Å². The normalized spacial score (nSPS) is 29.7. The largest absolute Gasteiger partial charge is 0.497 e. The summed E-state index contributed by atoms with van der Waals surface area (Å²) in [6, 6.07) is 7.27. The molecule has 5 rings (SSSR count). The second-order valence-electron chi connectivity index (χ2n) is 7.64. The SMILES string of the molecule is COc1ccc2nccc([C@H](O)[C@@H]3C[C@@H]4CCN3C[C@@H]4C(C)(F)F)c2c1. The van der Waals surface area contributed by atoms with E-state index in [0.29, 0.717) is 18.7 Å². The number of alkyl halides is 2. The van der Waals surface area contributed by atoms with Crippen LogP contribution in [-0.4, -0.2) is 47.2 Å². The highest BCUT2D eigenvalue weighted by molar-refractivity contribution is 5.83. The molecule has 3 saturated heterocycles. The monoisotopic (exact) mass is 362 g/mol. The lowest BCUT2D eigenvalue weighted by Crippen LogP contribution is -2.58. The maximum absolute atomic E-state index is 13.9. The average molecular weight is 362 g/mol. The van der Waals surface area contributed by atoms with Crippen LogP contribution in [0.25, 0.3) is 10.9 Å². The number of aliphatic hydroxyl groups is 1.